The minimum Gasteiger partial charge on any atom is -0.292 e. The molecule has 1 N–H and O–H groups in total. The number of carbonyl (C=O) groups is 1. The van der Waals surface area contributed by atoms with Crippen molar-refractivity contribution in [2.45, 2.75) is 38.8 Å². The van der Waals surface area contributed by atoms with Gasteiger partial charge in [-0.2, -0.15) is 10.5 Å². The summed E-state index contributed by atoms with van der Waals surface area (Å²) >= 11 is 6.10. The number of benzene rings is 2. The van der Waals surface area contributed by atoms with Gasteiger partial charge in [0.25, 0.3) is 0 Å². The summed E-state index contributed by atoms with van der Waals surface area (Å²) in [5, 5.41) is 21.4. The highest BCUT2D eigenvalue weighted by atomic mass is 35.5. The number of hydrogen-bond donors (Lipinski definition) is 1. The molecule has 150 valence electrons. The zero-order valence-electron chi connectivity index (χ0n) is 17.2. The summed E-state index contributed by atoms with van der Waals surface area (Å²) in [7, 11) is 0. The van der Waals surface area contributed by atoms with Gasteiger partial charge in [-0.25, -0.2) is 0 Å². The SMILES string of the molecule is CC(C)(C)C(=O)[C@@H]1[C@@H](c2ccc(Cl)cc2)C(C#N)(C#N)[C@@H]2c3ccccc3C=C[NH+]12. The maximum absolute atomic E-state index is 13.7. The molecule has 2 aliphatic heterocycles. The molecule has 5 heteroatoms. The van der Waals surface area contributed by atoms with E-state index in [1.807, 2.05) is 69.4 Å². The van der Waals surface area contributed by atoms with Gasteiger partial charge < -0.3 is 0 Å². The van der Waals surface area contributed by atoms with E-state index in [-0.39, 0.29) is 5.78 Å². The lowest BCUT2D eigenvalue weighted by molar-refractivity contribution is -0.885. The van der Waals surface area contributed by atoms with Gasteiger partial charge in [-0.3, -0.25) is 9.69 Å². The Labute approximate surface area is 182 Å². The van der Waals surface area contributed by atoms with Gasteiger partial charge in [0.2, 0.25) is 5.41 Å². The molecule has 1 saturated heterocycles. The Morgan fingerprint density at radius 1 is 1.07 bits per heavy atom. The molecule has 1 fully saturated rings. The van der Waals surface area contributed by atoms with Gasteiger partial charge in [-0.05, 0) is 29.3 Å². The van der Waals surface area contributed by atoms with E-state index in [2.05, 4.69) is 12.1 Å². The van der Waals surface area contributed by atoms with Crippen molar-refractivity contribution in [1.29, 1.82) is 10.5 Å². The highest BCUT2D eigenvalue weighted by molar-refractivity contribution is 6.30. The van der Waals surface area contributed by atoms with Crippen LogP contribution < -0.4 is 4.90 Å². The molecule has 0 radical (unpaired) electrons. The van der Waals surface area contributed by atoms with Crippen LogP contribution in [0.2, 0.25) is 5.02 Å². The summed E-state index contributed by atoms with van der Waals surface area (Å²) in [4.78, 5) is 14.6. The number of fused-ring (bicyclic) bond motifs is 3. The minimum atomic E-state index is -1.39. The van der Waals surface area contributed by atoms with Crippen LogP contribution in [0, 0.1) is 33.5 Å². The van der Waals surface area contributed by atoms with Crippen molar-refractivity contribution in [2.75, 3.05) is 0 Å². The van der Waals surface area contributed by atoms with Gasteiger partial charge >= 0.3 is 0 Å². The Hall–Kier alpha value is -2.92. The summed E-state index contributed by atoms with van der Waals surface area (Å²) in [6, 6.07) is 18.7. The maximum Gasteiger partial charge on any atom is 0.212 e. The van der Waals surface area contributed by atoms with Crippen molar-refractivity contribution in [2.24, 2.45) is 10.8 Å². The first-order chi connectivity index (χ1) is 14.2. The Bertz CT molecular complexity index is 1100. The monoisotopic (exact) mass is 416 g/mol. The number of rotatable bonds is 2. The number of nitriles is 2. The molecular formula is C25H23ClN3O+. The van der Waals surface area contributed by atoms with E-state index in [4.69, 9.17) is 11.6 Å². The van der Waals surface area contributed by atoms with Crippen LogP contribution in [0.1, 0.15) is 49.4 Å². The fraction of sp³-hybridized carbons (Fsp3) is 0.320. The van der Waals surface area contributed by atoms with E-state index in [0.29, 0.717) is 5.02 Å². The number of nitrogens with one attached hydrogen (secondary N) is 1. The molecule has 2 aliphatic rings. The first-order valence-electron chi connectivity index (χ1n) is 10.0. The molecule has 4 rings (SSSR count). The predicted molar refractivity (Wildman–Crippen MR) is 115 cm³/mol. The average Bonchev–Trinajstić information content (AvgIpc) is 3.04. The molecule has 0 aliphatic carbocycles. The van der Waals surface area contributed by atoms with Crippen molar-refractivity contribution in [3.8, 4) is 12.1 Å². The van der Waals surface area contributed by atoms with E-state index in [1.54, 1.807) is 12.1 Å². The lowest BCUT2D eigenvalue weighted by Gasteiger charge is -2.31. The minimum absolute atomic E-state index is 0.0406. The fourth-order valence-electron chi connectivity index (χ4n) is 5.00. The molecule has 4 nitrogen and oxygen atoms in total. The van der Waals surface area contributed by atoms with Crippen molar-refractivity contribution < 1.29 is 9.69 Å². The molecule has 0 amide bonds. The fourth-order valence-corrected chi connectivity index (χ4v) is 5.13. The molecular weight excluding hydrogens is 394 g/mol. The predicted octanol–water partition coefficient (Wildman–Crippen LogP) is 4.07. The maximum atomic E-state index is 13.7. The number of halogens is 1. The molecule has 4 atom stereocenters. The molecule has 0 saturated carbocycles. The van der Waals surface area contributed by atoms with Crippen LogP contribution in [0.4, 0.5) is 0 Å². The number of quaternary nitrogens is 1. The van der Waals surface area contributed by atoms with Crippen molar-refractivity contribution >= 4 is 23.5 Å². The van der Waals surface area contributed by atoms with Crippen molar-refractivity contribution in [1.82, 2.24) is 0 Å². The average molecular weight is 417 g/mol. The lowest BCUT2D eigenvalue weighted by Crippen LogP contribution is -3.12. The number of hydrogen-bond acceptors (Lipinski definition) is 3. The third-order valence-electron chi connectivity index (χ3n) is 6.35. The van der Waals surface area contributed by atoms with Crippen molar-refractivity contribution in [3.63, 3.8) is 0 Å². The summed E-state index contributed by atoms with van der Waals surface area (Å²) < 4.78 is 0. The first kappa shape index (κ1) is 20.4. The topological polar surface area (TPSA) is 69.1 Å². The quantitative estimate of drug-likeness (QED) is 0.802. The lowest BCUT2D eigenvalue weighted by atomic mass is 9.66. The summed E-state index contributed by atoms with van der Waals surface area (Å²) in [6.45, 7) is 5.68. The number of nitrogens with zero attached hydrogens (tertiary/aromatic N) is 2. The van der Waals surface area contributed by atoms with Crippen LogP contribution in [0.15, 0.2) is 54.7 Å². The van der Waals surface area contributed by atoms with Crippen LogP contribution in [0.3, 0.4) is 0 Å². The van der Waals surface area contributed by atoms with Crippen LogP contribution in [0.5, 0.6) is 0 Å². The molecule has 2 aromatic carbocycles. The summed E-state index contributed by atoms with van der Waals surface area (Å²) in [5.41, 5.74) is 0.702. The second-order valence-corrected chi connectivity index (χ2v) is 9.55. The number of carbonyl (C=O) groups excluding carboxylic acids is 1. The Balaban J connectivity index is 2.02. The molecule has 0 aromatic heterocycles. The third kappa shape index (κ3) is 2.88. The smallest absolute Gasteiger partial charge is 0.212 e. The van der Waals surface area contributed by atoms with E-state index in [0.717, 1.165) is 21.6 Å². The van der Waals surface area contributed by atoms with Gasteiger partial charge in [0.05, 0.1) is 24.3 Å². The highest BCUT2D eigenvalue weighted by Gasteiger charge is 2.68. The highest BCUT2D eigenvalue weighted by Crippen LogP contribution is 2.52. The van der Waals surface area contributed by atoms with Crippen LogP contribution in [-0.2, 0) is 4.79 Å². The number of Topliss-reactive ketones (excluding diaryl/α,β-unsaturated/α-hetero) is 1. The molecule has 0 bridgehead atoms. The van der Waals surface area contributed by atoms with Crippen LogP contribution in [0.25, 0.3) is 6.08 Å². The van der Waals surface area contributed by atoms with Gasteiger partial charge in [-0.15, -0.1) is 0 Å². The molecule has 2 aromatic rings. The van der Waals surface area contributed by atoms with Crippen molar-refractivity contribution in [3.05, 3.63) is 76.4 Å². The first-order valence-corrected chi connectivity index (χ1v) is 10.4. The summed E-state index contributed by atoms with van der Waals surface area (Å²) in [5.74, 6) is -0.536. The van der Waals surface area contributed by atoms with Gasteiger partial charge in [0, 0.05) is 16.0 Å². The third-order valence-corrected chi connectivity index (χ3v) is 6.61. The number of ketones is 1. The zero-order valence-corrected chi connectivity index (χ0v) is 17.9. The largest absolute Gasteiger partial charge is 0.292 e. The standard InChI is InChI=1S/C25H22ClN3O/c1-24(2,3)23(30)21-20(17-8-10-18(26)11-9-17)25(14-27,15-28)22-19-7-5-4-6-16(19)12-13-29(21)22/h4-13,20-22H,1-3H3/p+1/t20-,21+,22+/m1/s1. The molecule has 30 heavy (non-hydrogen) atoms. The van der Waals surface area contributed by atoms with E-state index in [9.17, 15) is 15.3 Å². The van der Waals surface area contributed by atoms with Crippen LogP contribution >= 0.6 is 11.6 Å². The van der Waals surface area contributed by atoms with E-state index >= 15 is 0 Å². The van der Waals surface area contributed by atoms with E-state index < -0.39 is 28.8 Å². The zero-order chi connectivity index (χ0) is 21.7. The second-order valence-electron chi connectivity index (χ2n) is 9.11. The van der Waals surface area contributed by atoms with Gasteiger partial charge in [0.1, 0.15) is 0 Å². The molecule has 2 heterocycles. The molecule has 0 spiro atoms. The normalized spacial score (nSPS) is 26.2. The Morgan fingerprint density at radius 2 is 1.70 bits per heavy atom. The Morgan fingerprint density at radius 3 is 2.30 bits per heavy atom. The molecule has 1 unspecified atom stereocenters. The second kappa shape index (κ2) is 7.10. The van der Waals surface area contributed by atoms with Crippen LogP contribution in [-0.4, -0.2) is 11.8 Å². The Kier molecular flexibility index (Phi) is 4.82. The summed E-state index contributed by atoms with van der Waals surface area (Å²) in [6.07, 6.45) is 3.95. The van der Waals surface area contributed by atoms with E-state index in [1.165, 1.54) is 0 Å². The van der Waals surface area contributed by atoms with Gasteiger partial charge in [0.15, 0.2) is 17.9 Å². The van der Waals surface area contributed by atoms with Gasteiger partial charge in [-0.1, -0.05) is 68.8 Å².